The minimum Gasteiger partial charge on any atom is -0.479 e. The molecular weight excluding hydrogens is 270 g/mol. The summed E-state index contributed by atoms with van der Waals surface area (Å²) in [5.74, 6) is -1.49. The molecular formula is C13H16ClNO4. The predicted octanol–water partition coefficient (Wildman–Crippen LogP) is 2.01. The van der Waals surface area contributed by atoms with Crippen LogP contribution in [0.3, 0.4) is 0 Å². The van der Waals surface area contributed by atoms with Gasteiger partial charge in [-0.1, -0.05) is 29.8 Å². The van der Waals surface area contributed by atoms with Gasteiger partial charge >= 0.3 is 5.97 Å². The third kappa shape index (κ3) is 4.89. The van der Waals surface area contributed by atoms with Crippen LogP contribution in [0.2, 0.25) is 5.02 Å². The highest BCUT2D eigenvalue weighted by atomic mass is 35.5. The zero-order chi connectivity index (χ0) is 14.4. The number of rotatable bonds is 6. The summed E-state index contributed by atoms with van der Waals surface area (Å²) in [6.45, 7) is 2.86. The number of aliphatic carboxylic acids is 1. The highest BCUT2D eigenvalue weighted by molar-refractivity contribution is 6.31. The molecule has 0 saturated heterocycles. The molecule has 1 aromatic rings. The zero-order valence-electron chi connectivity index (χ0n) is 10.7. The van der Waals surface area contributed by atoms with Crippen molar-refractivity contribution in [1.29, 1.82) is 0 Å². The first-order chi connectivity index (χ1) is 8.91. The molecule has 1 amide bonds. The average Bonchev–Trinajstić information content (AvgIpc) is 2.36. The Balaban J connectivity index is 2.49. The van der Waals surface area contributed by atoms with E-state index in [0.717, 1.165) is 5.56 Å². The number of benzene rings is 1. The lowest BCUT2D eigenvalue weighted by atomic mass is 10.1. The van der Waals surface area contributed by atoms with Gasteiger partial charge in [0.1, 0.15) is 6.61 Å². The number of ether oxygens (including phenoxy) is 1. The molecule has 2 atom stereocenters. The van der Waals surface area contributed by atoms with Gasteiger partial charge < -0.3 is 15.2 Å². The predicted molar refractivity (Wildman–Crippen MR) is 71.1 cm³/mol. The topological polar surface area (TPSA) is 75.6 Å². The van der Waals surface area contributed by atoms with Gasteiger partial charge in [0.15, 0.2) is 6.10 Å². The molecule has 0 aliphatic heterocycles. The largest absolute Gasteiger partial charge is 0.479 e. The lowest BCUT2D eigenvalue weighted by molar-refractivity contribution is -0.150. The van der Waals surface area contributed by atoms with Crippen molar-refractivity contribution in [2.24, 2.45) is 0 Å². The van der Waals surface area contributed by atoms with Gasteiger partial charge in [-0.05, 0) is 25.5 Å². The summed E-state index contributed by atoms with van der Waals surface area (Å²) in [7, 11) is 0. The van der Waals surface area contributed by atoms with Crippen LogP contribution in [0.4, 0.5) is 0 Å². The molecule has 0 aliphatic rings. The number of hydrogen-bond donors (Lipinski definition) is 2. The molecule has 0 radical (unpaired) electrons. The standard InChI is InChI=1S/C13H16ClNO4/c1-8(10-5-3-4-6-11(10)14)15-12(16)7-19-9(2)13(17)18/h3-6,8-9H,7H2,1-2H3,(H,15,16)(H,17,18)/t8?,9-/m1/s1. The molecule has 0 aromatic heterocycles. The van der Waals surface area contributed by atoms with Crippen LogP contribution in [0.5, 0.6) is 0 Å². The first-order valence-corrected chi connectivity index (χ1v) is 6.17. The number of hydrogen-bond acceptors (Lipinski definition) is 3. The smallest absolute Gasteiger partial charge is 0.332 e. The third-order valence-electron chi connectivity index (χ3n) is 2.56. The maximum absolute atomic E-state index is 11.6. The van der Waals surface area contributed by atoms with Crippen LogP contribution in [0, 0.1) is 0 Å². The summed E-state index contributed by atoms with van der Waals surface area (Å²) >= 11 is 6.01. The number of carboxylic acids is 1. The van der Waals surface area contributed by atoms with E-state index in [4.69, 9.17) is 21.4 Å². The van der Waals surface area contributed by atoms with Crippen molar-refractivity contribution in [2.75, 3.05) is 6.61 Å². The number of carbonyl (C=O) groups excluding carboxylic acids is 1. The van der Waals surface area contributed by atoms with E-state index >= 15 is 0 Å². The second-order valence-electron chi connectivity index (χ2n) is 4.10. The highest BCUT2D eigenvalue weighted by Crippen LogP contribution is 2.21. The van der Waals surface area contributed by atoms with E-state index in [1.165, 1.54) is 6.92 Å². The highest BCUT2D eigenvalue weighted by Gasteiger charge is 2.15. The van der Waals surface area contributed by atoms with Gasteiger partial charge in [0.25, 0.3) is 0 Å². The molecule has 1 aromatic carbocycles. The Kier molecular flexibility index (Phi) is 5.79. The quantitative estimate of drug-likeness (QED) is 0.838. The molecule has 1 unspecified atom stereocenters. The molecule has 0 heterocycles. The van der Waals surface area contributed by atoms with Gasteiger partial charge in [0.05, 0.1) is 6.04 Å². The molecule has 0 spiro atoms. The fraction of sp³-hybridized carbons (Fsp3) is 0.385. The summed E-state index contributed by atoms with van der Waals surface area (Å²) in [4.78, 5) is 22.1. The summed E-state index contributed by atoms with van der Waals surface area (Å²) in [5, 5.41) is 11.9. The van der Waals surface area contributed by atoms with E-state index in [1.807, 2.05) is 12.1 Å². The Morgan fingerprint density at radius 2 is 2.00 bits per heavy atom. The molecule has 0 bridgehead atoms. The van der Waals surface area contributed by atoms with Crippen LogP contribution < -0.4 is 5.32 Å². The second kappa shape index (κ2) is 7.11. The Bertz CT molecular complexity index is 464. The average molecular weight is 286 g/mol. The number of amides is 1. The first kappa shape index (κ1) is 15.5. The first-order valence-electron chi connectivity index (χ1n) is 5.80. The summed E-state index contributed by atoms with van der Waals surface area (Å²) in [5.41, 5.74) is 0.795. The maximum atomic E-state index is 11.6. The van der Waals surface area contributed by atoms with Crippen molar-refractivity contribution >= 4 is 23.5 Å². The van der Waals surface area contributed by atoms with E-state index in [0.29, 0.717) is 5.02 Å². The molecule has 6 heteroatoms. The van der Waals surface area contributed by atoms with E-state index in [2.05, 4.69) is 5.32 Å². The van der Waals surface area contributed by atoms with Gasteiger partial charge in [-0.15, -0.1) is 0 Å². The van der Waals surface area contributed by atoms with Gasteiger partial charge in [-0.3, -0.25) is 4.79 Å². The fourth-order valence-electron chi connectivity index (χ4n) is 1.46. The van der Waals surface area contributed by atoms with Crippen LogP contribution in [0.1, 0.15) is 25.5 Å². The number of halogens is 1. The second-order valence-corrected chi connectivity index (χ2v) is 4.51. The van der Waals surface area contributed by atoms with Crippen molar-refractivity contribution in [2.45, 2.75) is 26.0 Å². The van der Waals surface area contributed by atoms with Crippen LogP contribution in [0.25, 0.3) is 0 Å². The van der Waals surface area contributed by atoms with Crippen LogP contribution in [0.15, 0.2) is 24.3 Å². The van der Waals surface area contributed by atoms with E-state index in [9.17, 15) is 9.59 Å². The summed E-state index contributed by atoms with van der Waals surface area (Å²) in [6, 6.07) is 6.91. The van der Waals surface area contributed by atoms with E-state index < -0.39 is 12.1 Å². The monoisotopic (exact) mass is 285 g/mol. The minimum atomic E-state index is -1.10. The maximum Gasteiger partial charge on any atom is 0.332 e. The Morgan fingerprint density at radius 3 is 2.58 bits per heavy atom. The molecule has 0 saturated carbocycles. The van der Waals surface area contributed by atoms with Crippen molar-refractivity contribution < 1.29 is 19.4 Å². The Morgan fingerprint density at radius 1 is 1.37 bits per heavy atom. The minimum absolute atomic E-state index is 0.273. The Labute approximate surface area is 116 Å². The van der Waals surface area contributed by atoms with Crippen molar-refractivity contribution in [3.05, 3.63) is 34.9 Å². The van der Waals surface area contributed by atoms with Gasteiger partial charge in [0.2, 0.25) is 5.91 Å². The number of nitrogens with one attached hydrogen (secondary N) is 1. The fourth-order valence-corrected chi connectivity index (χ4v) is 1.76. The summed E-state index contributed by atoms with van der Waals surface area (Å²) < 4.78 is 4.89. The third-order valence-corrected chi connectivity index (χ3v) is 2.91. The van der Waals surface area contributed by atoms with Gasteiger partial charge in [-0.2, -0.15) is 0 Å². The van der Waals surface area contributed by atoms with Gasteiger partial charge in [-0.25, -0.2) is 4.79 Å². The van der Waals surface area contributed by atoms with E-state index in [1.54, 1.807) is 19.1 Å². The molecule has 0 aliphatic carbocycles. The van der Waals surface area contributed by atoms with Gasteiger partial charge in [0, 0.05) is 5.02 Å². The summed E-state index contributed by atoms with van der Waals surface area (Å²) in [6.07, 6.45) is -1.01. The number of carbonyl (C=O) groups is 2. The van der Waals surface area contributed by atoms with Crippen LogP contribution in [-0.4, -0.2) is 29.7 Å². The molecule has 5 nitrogen and oxygen atoms in total. The molecule has 19 heavy (non-hydrogen) atoms. The van der Waals surface area contributed by atoms with Crippen LogP contribution in [-0.2, 0) is 14.3 Å². The lowest BCUT2D eigenvalue weighted by Gasteiger charge is -2.16. The van der Waals surface area contributed by atoms with Crippen molar-refractivity contribution in [3.8, 4) is 0 Å². The van der Waals surface area contributed by atoms with Crippen molar-refractivity contribution in [3.63, 3.8) is 0 Å². The lowest BCUT2D eigenvalue weighted by Crippen LogP contribution is -2.33. The molecule has 0 fully saturated rings. The number of carboxylic acid groups (broad SMARTS) is 1. The zero-order valence-corrected chi connectivity index (χ0v) is 11.5. The van der Waals surface area contributed by atoms with Crippen LogP contribution >= 0.6 is 11.6 Å². The molecule has 1 rings (SSSR count). The normalized spacial score (nSPS) is 13.6. The van der Waals surface area contributed by atoms with E-state index in [-0.39, 0.29) is 18.6 Å². The SMILES string of the molecule is CC(NC(=O)CO[C@H](C)C(=O)O)c1ccccc1Cl. The Hall–Kier alpha value is -1.59. The van der Waals surface area contributed by atoms with Crippen molar-refractivity contribution in [1.82, 2.24) is 5.32 Å². The molecule has 104 valence electrons. The molecule has 2 N–H and O–H groups in total.